The van der Waals surface area contributed by atoms with E-state index in [-0.39, 0.29) is 6.04 Å². The van der Waals surface area contributed by atoms with Gasteiger partial charge in [-0.2, -0.15) is 0 Å². The minimum atomic E-state index is 0.237. The van der Waals surface area contributed by atoms with E-state index in [4.69, 9.17) is 4.74 Å². The molecule has 1 aromatic heterocycles. The van der Waals surface area contributed by atoms with Gasteiger partial charge in [-0.25, -0.2) is 4.98 Å². The molecule has 1 unspecified atom stereocenters. The van der Waals surface area contributed by atoms with Gasteiger partial charge >= 0.3 is 0 Å². The number of hydrogen-bond acceptors (Lipinski definition) is 4. The molecular weight excluding hydrogens is 412 g/mol. The van der Waals surface area contributed by atoms with Crippen LogP contribution in [0.3, 0.4) is 0 Å². The number of rotatable bonds is 7. The van der Waals surface area contributed by atoms with E-state index in [0.29, 0.717) is 0 Å². The maximum atomic E-state index is 9.89. The van der Waals surface area contributed by atoms with Gasteiger partial charge in [0, 0.05) is 31.9 Å². The summed E-state index contributed by atoms with van der Waals surface area (Å²) in [5, 5.41) is 0. The third-order valence-electron chi connectivity index (χ3n) is 6.32. The van der Waals surface area contributed by atoms with E-state index in [9.17, 15) is 4.79 Å². The summed E-state index contributed by atoms with van der Waals surface area (Å²) < 4.78 is 5.44. The second-order valence-corrected chi connectivity index (χ2v) is 8.40. The second-order valence-electron chi connectivity index (χ2n) is 8.40. The number of amides is 1. The average molecular weight is 449 g/mol. The van der Waals surface area contributed by atoms with Crippen LogP contribution in [-0.4, -0.2) is 52.9 Å². The molecule has 3 aromatic rings. The zero-order valence-electron chi connectivity index (χ0n) is 20.5. The highest BCUT2D eigenvalue weighted by Crippen LogP contribution is 2.37. The van der Waals surface area contributed by atoms with Crippen molar-refractivity contribution in [2.24, 2.45) is 0 Å². The number of carbonyl (C=O) groups excluding carboxylic acids is 1. The summed E-state index contributed by atoms with van der Waals surface area (Å²) in [5.41, 5.74) is 7.63. The maximum absolute atomic E-state index is 9.89. The van der Waals surface area contributed by atoms with Crippen LogP contribution < -0.4 is 4.74 Å². The van der Waals surface area contributed by atoms with Gasteiger partial charge in [-0.05, 0) is 62.9 Å². The fourth-order valence-corrected chi connectivity index (χ4v) is 4.20. The largest absolute Gasteiger partial charge is 0.497 e. The predicted octanol–water partition coefficient (Wildman–Crippen LogP) is 4.67. The molecule has 1 aliphatic heterocycles. The Labute approximate surface area is 197 Å². The van der Waals surface area contributed by atoms with Crippen LogP contribution in [0.4, 0.5) is 0 Å². The molecule has 0 saturated carbocycles. The first-order valence-electron chi connectivity index (χ1n) is 11.7. The van der Waals surface area contributed by atoms with Gasteiger partial charge in [0.2, 0.25) is 6.41 Å². The summed E-state index contributed by atoms with van der Waals surface area (Å²) in [7, 11) is 1.73. The highest BCUT2D eigenvalue weighted by Gasteiger charge is 2.29. The molecule has 0 aliphatic carbocycles. The Morgan fingerprint density at radius 1 is 1.15 bits per heavy atom. The number of ether oxygens (including phenoxy) is 1. The van der Waals surface area contributed by atoms with Crippen LogP contribution in [0, 0.1) is 13.8 Å². The molecule has 33 heavy (non-hydrogen) atoms. The summed E-state index contributed by atoms with van der Waals surface area (Å²) >= 11 is 0. The molecule has 0 fully saturated rings. The molecule has 0 bridgehead atoms. The van der Waals surface area contributed by atoms with Crippen molar-refractivity contribution in [2.75, 3.05) is 26.7 Å². The number of nitrogens with one attached hydrogen (secondary N) is 1. The van der Waals surface area contributed by atoms with Gasteiger partial charge in [-0.3, -0.25) is 9.69 Å². The van der Waals surface area contributed by atoms with Gasteiger partial charge in [0.25, 0.3) is 0 Å². The van der Waals surface area contributed by atoms with E-state index in [2.05, 4.69) is 71.2 Å². The van der Waals surface area contributed by atoms with E-state index >= 15 is 0 Å². The number of aryl methyl sites for hydroxylation is 2. The molecule has 0 spiro atoms. The normalized spacial score (nSPS) is 15.2. The number of fused-ring (bicyclic) bond motifs is 1. The first kappa shape index (κ1) is 24.5. The third-order valence-corrected chi connectivity index (χ3v) is 6.32. The molecule has 6 heteroatoms. The highest BCUT2D eigenvalue weighted by atomic mass is 16.5. The lowest BCUT2D eigenvalue weighted by Gasteiger charge is -2.37. The molecule has 1 aliphatic rings. The quantitative estimate of drug-likeness (QED) is 0.534. The SMILES string of the molecule is CCN(C=O)CC.COc1ccc2c(c1)CCN(Cc1nc[nH]c1C)C2c1ccc(C)cc1. The van der Waals surface area contributed by atoms with E-state index < -0.39 is 0 Å². The summed E-state index contributed by atoms with van der Waals surface area (Å²) in [6.07, 6.45) is 3.67. The maximum Gasteiger partial charge on any atom is 0.209 e. The molecule has 176 valence electrons. The molecule has 1 amide bonds. The number of H-pyrrole nitrogens is 1. The summed E-state index contributed by atoms with van der Waals surface area (Å²) in [6.45, 7) is 11.6. The number of imidazole rings is 1. The molecule has 2 aromatic carbocycles. The minimum absolute atomic E-state index is 0.237. The Bertz CT molecular complexity index is 1020. The first-order valence-corrected chi connectivity index (χ1v) is 11.7. The highest BCUT2D eigenvalue weighted by molar-refractivity contribution is 5.46. The smallest absolute Gasteiger partial charge is 0.209 e. The van der Waals surface area contributed by atoms with Crippen LogP contribution in [-0.2, 0) is 17.8 Å². The monoisotopic (exact) mass is 448 g/mol. The van der Waals surface area contributed by atoms with E-state index in [1.54, 1.807) is 18.3 Å². The average Bonchev–Trinajstić information content (AvgIpc) is 3.25. The fraction of sp³-hybridized carbons (Fsp3) is 0.407. The molecule has 2 heterocycles. The number of methoxy groups -OCH3 is 1. The zero-order valence-corrected chi connectivity index (χ0v) is 20.5. The Balaban J connectivity index is 0.000000383. The molecule has 6 nitrogen and oxygen atoms in total. The molecular formula is C27H36N4O2. The van der Waals surface area contributed by atoms with E-state index in [1.165, 1.54) is 22.3 Å². The molecule has 1 atom stereocenters. The van der Waals surface area contributed by atoms with Crippen molar-refractivity contribution in [3.8, 4) is 5.75 Å². The third kappa shape index (κ3) is 6.02. The van der Waals surface area contributed by atoms with Crippen molar-refractivity contribution in [1.82, 2.24) is 19.8 Å². The summed E-state index contributed by atoms with van der Waals surface area (Å²) in [4.78, 5) is 21.8. The fourth-order valence-electron chi connectivity index (χ4n) is 4.20. The van der Waals surface area contributed by atoms with Crippen molar-refractivity contribution >= 4 is 6.41 Å². The standard InChI is InChI=1S/C22H25N3O.C5H11NO/c1-15-4-6-17(7-5-15)22-20-9-8-19(26-3)12-18(20)10-11-25(22)13-21-16(2)23-14-24-21;1-3-6(4-2)5-7/h4-9,12,14,22H,10-11,13H2,1-3H3,(H,23,24);5H,3-4H2,1-2H3. The Kier molecular flexibility index (Phi) is 8.66. The molecule has 0 radical (unpaired) electrons. The van der Waals surface area contributed by atoms with Gasteiger partial charge in [0.05, 0.1) is 25.2 Å². The number of hydrogen-bond donors (Lipinski definition) is 1. The van der Waals surface area contributed by atoms with Crippen LogP contribution in [0.5, 0.6) is 5.75 Å². The van der Waals surface area contributed by atoms with Crippen LogP contribution in [0.25, 0.3) is 0 Å². The van der Waals surface area contributed by atoms with Crippen LogP contribution in [0.2, 0.25) is 0 Å². The van der Waals surface area contributed by atoms with Gasteiger partial charge < -0.3 is 14.6 Å². The summed E-state index contributed by atoms with van der Waals surface area (Å²) in [6, 6.07) is 15.6. The van der Waals surface area contributed by atoms with Gasteiger partial charge in [-0.15, -0.1) is 0 Å². The first-order chi connectivity index (χ1) is 16.0. The number of aromatic nitrogens is 2. The number of benzene rings is 2. The van der Waals surface area contributed by atoms with Gasteiger partial charge in [0.15, 0.2) is 0 Å². The van der Waals surface area contributed by atoms with Gasteiger partial charge in [-0.1, -0.05) is 35.9 Å². The minimum Gasteiger partial charge on any atom is -0.497 e. The lowest BCUT2D eigenvalue weighted by atomic mass is 9.87. The number of carbonyl (C=O) groups is 1. The molecule has 4 rings (SSSR count). The number of aromatic amines is 1. The van der Waals surface area contributed by atoms with Crippen LogP contribution in [0.1, 0.15) is 53.5 Å². The zero-order chi connectivity index (χ0) is 23.8. The Morgan fingerprint density at radius 2 is 1.88 bits per heavy atom. The number of nitrogens with zero attached hydrogens (tertiary/aromatic N) is 3. The topological polar surface area (TPSA) is 61.5 Å². The lowest BCUT2D eigenvalue weighted by Crippen LogP contribution is -2.36. The molecule has 1 N–H and O–H groups in total. The predicted molar refractivity (Wildman–Crippen MR) is 132 cm³/mol. The molecule has 0 saturated heterocycles. The van der Waals surface area contributed by atoms with Crippen molar-refractivity contribution in [3.05, 3.63) is 82.4 Å². The van der Waals surface area contributed by atoms with Gasteiger partial charge in [0.1, 0.15) is 5.75 Å². The Morgan fingerprint density at radius 3 is 2.42 bits per heavy atom. The van der Waals surface area contributed by atoms with Crippen molar-refractivity contribution in [2.45, 2.75) is 46.7 Å². The second kappa shape index (κ2) is 11.7. The Hall–Kier alpha value is -3.12. The van der Waals surface area contributed by atoms with Crippen molar-refractivity contribution in [3.63, 3.8) is 0 Å². The van der Waals surface area contributed by atoms with Crippen molar-refractivity contribution in [1.29, 1.82) is 0 Å². The van der Waals surface area contributed by atoms with Crippen molar-refractivity contribution < 1.29 is 9.53 Å². The lowest BCUT2D eigenvalue weighted by molar-refractivity contribution is -0.117. The van der Waals surface area contributed by atoms with E-state index in [1.807, 2.05) is 13.8 Å². The van der Waals surface area contributed by atoms with Crippen LogP contribution in [0.15, 0.2) is 48.8 Å². The van der Waals surface area contributed by atoms with E-state index in [0.717, 1.165) is 56.1 Å². The summed E-state index contributed by atoms with van der Waals surface area (Å²) in [5.74, 6) is 0.933. The van der Waals surface area contributed by atoms with Crippen LogP contribution >= 0.6 is 0 Å².